The van der Waals surface area contributed by atoms with E-state index in [0.717, 1.165) is 0 Å². The lowest BCUT2D eigenvalue weighted by molar-refractivity contribution is -0.138. The summed E-state index contributed by atoms with van der Waals surface area (Å²) in [5.74, 6) is -0.239. The average molecular weight is 234 g/mol. The Labute approximate surface area is 100 Å². The molecule has 1 unspecified atom stereocenters. The van der Waals surface area contributed by atoms with Gasteiger partial charge in [0.2, 0.25) is 0 Å². The van der Waals surface area contributed by atoms with E-state index in [1.807, 2.05) is 0 Å². The summed E-state index contributed by atoms with van der Waals surface area (Å²) in [5, 5.41) is 7.54. The number of hydrogen-bond acceptors (Lipinski definition) is 5. The molecule has 1 heterocycles. The first kappa shape index (κ1) is 12.9. The molecule has 0 amide bonds. The highest BCUT2D eigenvalue weighted by Gasteiger charge is 2.26. The quantitative estimate of drug-likeness (QED) is 0.421. The lowest BCUT2D eigenvalue weighted by Gasteiger charge is -2.12. The van der Waals surface area contributed by atoms with Crippen LogP contribution in [0.25, 0.3) is 4.85 Å². The van der Waals surface area contributed by atoms with Crippen LogP contribution in [-0.4, -0.2) is 37.6 Å². The molecule has 6 heteroatoms. The van der Waals surface area contributed by atoms with Crippen molar-refractivity contribution in [1.29, 1.82) is 0 Å². The van der Waals surface area contributed by atoms with Gasteiger partial charge in [0, 0.05) is 20.3 Å². The highest BCUT2D eigenvalue weighted by molar-refractivity contribution is 5.90. The molecular formula is C11H14N4O2. The molecule has 17 heavy (non-hydrogen) atoms. The zero-order chi connectivity index (χ0) is 12.8. The van der Waals surface area contributed by atoms with Crippen molar-refractivity contribution < 1.29 is 9.53 Å². The molecule has 0 bridgehead atoms. The summed E-state index contributed by atoms with van der Waals surface area (Å²) in [5.41, 5.74) is 0.374. The minimum Gasteiger partial charge on any atom is -0.463 e. The van der Waals surface area contributed by atoms with Crippen molar-refractivity contribution in [2.24, 2.45) is 10.2 Å². The van der Waals surface area contributed by atoms with E-state index < -0.39 is 12.0 Å². The summed E-state index contributed by atoms with van der Waals surface area (Å²) in [6, 6.07) is -0.527. The largest absolute Gasteiger partial charge is 0.463 e. The van der Waals surface area contributed by atoms with Gasteiger partial charge in [0.15, 0.2) is 0 Å². The van der Waals surface area contributed by atoms with Crippen LogP contribution in [0, 0.1) is 6.57 Å². The second kappa shape index (κ2) is 5.80. The Morgan fingerprint density at radius 1 is 1.71 bits per heavy atom. The number of esters is 1. The molecule has 0 N–H and O–H groups in total. The number of carbonyl (C=O) groups is 1. The normalized spacial score (nSPS) is 18.6. The van der Waals surface area contributed by atoms with Crippen molar-refractivity contribution in [2.75, 3.05) is 20.7 Å². The van der Waals surface area contributed by atoms with Crippen LogP contribution in [0.5, 0.6) is 0 Å². The molecular weight excluding hydrogens is 220 g/mol. The minimum atomic E-state index is -0.527. The summed E-state index contributed by atoms with van der Waals surface area (Å²) in [7, 11) is 3.59. The molecule has 1 aliphatic heterocycles. The maximum absolute atomic E-state index is 11.7. The fourth-order valence-electron chi connectivity index (χ4n) is 1.28. The molecule has 0 spiro atoms. The van der Waals surface area contributed by atoms with Gasteiger partial charge in [0.1, 0.15) is 6.04 Å². The van der Waals surface area contributed by atoms with Crippen molar-refractivity contribution in [2.45, 2.75) is 13.0 Å². The standard InChI is InChI=1S/C11H14N4O2/c1-5-17-11(16)8(7-15(3)4)9-6-10(12-2)14-13-9/h6-7,9H,5H2,1,3-4H3. The predicted octanol–water partition coefficient (Wildman–Crippen LogP) is 1.59. The smallest absolute Gasteiger partial charge is 0.338 e. The van der Waals surface area contributed by atoms with Crippen LogP contribution in [0.2, 0.25) is 0 Å². The van der Waals surface area contributed by atoms with Gasteiger partial charge in [-0.05, 0) is 18.1 Å². The van der Waals surface area contributed by atoms with Crippen LogP contribution >= 0.6 is 0 Å². The van der Waals surface area contributed by atoms with Gasteiger partial charge in [-0.15, -0.1) is 0 Å². The van der Waals surface area contributed by atoms with Crippen LogP contribution in [0.1, 0.15) is 6.92 Å². The first-order valence-electron chi connectivity index (χ1n) is 5.14. The molecule has 6 nitrogen and oxygen atoms in total. The third kappa shape index (κ3) is 3.41. The van der Waals surface area contributed by atoms with Crippen molar-refractivity contribution in [3.05, 3.63) is 35.1 Å². The van der Waals surface area contributed by atoms with Crippen LogP contribution in [-0.2, 0) is 9.53 Å². The van der Waals surface area contributed by atoms with Gasteiger partial charge in [0.25, 0.3) is 5.82 Å². The maximum atomic E-state index is 11.7. The molecule has 0 aromatic heterocycles. The average Bonchev–Trinajstić information content (AvgIpc) is 2.74. The molecule has 1 atom stereocenters. The van der Waals surface area contributed by atoms with Crippen LogP contribution in [0.4, 0.5) is 0 Å². The van der Waals surface area contributed by atoms with Crippen molar-refractivity contribution in [3.8, 4) is 0 Å². The molecule has 1 rings (SSSR count). The van der Waals surface area contributed by atoms with Gasteiger partial charge in [-0.1, -0.05) is 11.7 Å². The fraction of sp³-hybridized carbons (Fsp3) is 0.455. The van der Waals surface area contributed by atoms with Crippen molar-refractivity contribution in [3.63, 3.8) is 0 Å². The predicted molar refractivity (Wildman–Crippen MR) is 61.7 cm³/mol. The summed E-state index contributed by atoms with van der Waals surface area (Å²) < 4.78 is 4.94. The molecule has 0 radical (unpaired) electrons. The van der Waals surface area contributed by atoms with Crippen LogP contribution in [0.3, 0.4) is 0 Å². The number of hydrogen-bond donors (Lipinski definition) is 0. The van der Waals surface area contributed by atoms with Gasteiger partial charge in [-0.25, -0.2) is 4.79 Å². The van der Waals surface area contributed by atoms with E-state index in [2.05, 4.69) is 15.1 Å². The molecule has 0 saturated carbocycles. The molecule has 0 aromatic carbocycles. The van der Waals surface area contributed by atoms with E-state index in [-0.39, 0.29) is 5.82 Å². The van der Waals surface area contributed by atoms with E-state index >= 15 is 0 Å². The first-order chi connectivity index (χ1) is 8.08. The molecule has 90 valence electrons. The van der Waals surface area contributed by atoms with Gasteiger partial charge in [0.05, 0.1) is 12.2 Å². The highest BCUT2D eigenvalue weighted by Crippen LogP contribution is 2.21. The Bertz CT molecular complexity index is 429. The van der Waals surface area contributed by atoms with Gasteiger partial charge in [-0.3, -0.25) is 0 Å². The van der Waals surface area contributed by atoms with Crippen LogP contribution in [0.15, 0.2) is 33.9 Å². The Balaban J connectivity index is 2.95. The SMILES string of the molecule is [C-]#[N+]C1=CC(C(=CN(C)C)C(=O)OCC)N=N1. The Kier molecular flexibility index (Phi) is 4.40. The monoisotopic (exact) mass is 234 g/mol. The lowest BCUT2D eigenvalue weighted by Crippen LogP contribution is -2.19. The van der Waals surface area contributed by atoms with Crippen molar-refractivity contribution in [1.82, 2.24) is 4.90 Å². The molecule has 1 aliphatic rings. The highest BCUT2D eigenvalue weighted by atomic mass is 16.5. The third-order valence-electron chi connectivity index (χ3n) is 1.93. The van der Waals surface area contributed by atoms with E-state index in [1.165, 1.54) is 0 Å². The minimum absolute atomic E-state index is 0.198. The Morgan fingerprint density at radius 3 is 2.88 bits per heavy atom. The number of nitrogens with zero attached hydrogens (tertiary/aromatic N) is 4. The summed E-state index contributed by atoms with van der Waals surface area (Å²) in [6.45, 7) is 8.85. The third-order valence-corrected chi connectivity index (χ3v) is 1.93. The lowest BCUT2D eigenvalue weighted by atomic mass is 10.1. The van der Waals surface area contributed by atoms with Gasteiger partial charge in [-0.2, -0.15) is 0 Å². The van der Waals surface area contributed by atoms with E-state index in [4.69, 9.17) is 11.3 Å². The van der Waals surface area contributed by atoms with E-state index in [9.17, 15) is 4.79 Å². The fourth-order valence-corrected chi connectivity index (χ4v) is 1.28. The van der Waals surface area contributed by atoms with Crippen molar-refractivity contribution >= 4 is 5.97 Å². The van der Waals surface area contributed by atoms with Crippen LogP contribution < -0.4 is 0 Å². The molecule has 0 fully saturated rings. The Morgan fingerprint density at radius 2 is 2.41 bits per heavy atom. The first-order valence-corrected chi connectivity index (χ1v) is 5.14. The van der Waals surface area contributed by atoms with Gasteiger partial charge >= 0.3 is 5.97 Å². The van der Waals surface area contributed by atoms with E-state index in [1.54, 1.807) is 38.2 Å². The topological polar surface area (TPSA) is 58.6 Å². The number of rotatable bonds is 4. The van der Waals surface area contributed by atoms with Gasteiger partial charge < -0.3 is 14.5 Å². The zero-order valence-corrected chi connectivity index (χ0v) is 10.0. The van der Waals surface area contributed by atoms with E-state index in [0.29, 0.717) is 12.2 Å². The zero-order valence-electron chi connectivity index (χ0n) is 10.0. The number of carbonyl (C=O) groups excluding carboxylic acids is 1. The summed E-state index contributed by atoms with van der Waals surface area (Å²) in [4.78, 5) is 16.6. The second-order valence-electron chi connectivity index (χ2n) is 3.57. The summed E-state index contributed by atoms with van der Waals surface area (Å²) >= 11 is 0. The number of azo groups is 1. The Hall–Kier alpha value is -2.16. The second-order valence-corrected chi connectivity index (χ2v) is 3.57. The molecule has 0 aromatic rings. The number of ether oxygens (including phenoxy) is 1. The maximum Gasteiger partial charge on any atom is 0.338 e. The molecule has 0 aliphatic carbocycles. The molecule has 0 saturated heterocycles. The summed E-state index contributed by atoms with van der Waals surface area (Å²) in [6.07, 6.45) is 3.17.